The molecular weight excluding hydrogens is 234 g/mol. The molecule has 7 nitrogen and oxygen atoms in total. The number of hydrogen-bond donors (Lipinski definition) is 0. The number of hydrogen-bond acceptors (Lipinski definition) is 4. The van der Waals surface area contributed by atoms with Crippen LogP contribution in [-0.4, -0.2) is 68.2 Å². The molecule has 0 aromatic rings. The Balaban J connectivity index is 1.72. The van der Waals surface area contributed by atoms with Crippen LogP contribution in [0.1, 0.15) is 6.42 Å². The molecule has 2 saturated heterocycles. The zero-order chi connectivity index (χ0) is 12.8. The molecule has 7 heteroatoms. The lowest BCUT2D eigenvalue weighted by Gasteiger charge is -2.28. The van der Waals surface area contributed by atoms with E-state index in [1.807, 2.05) is 4.90 Å². The third-order valence-electron chi connectivity index (χ3n) is 3.49. The lowest BCUT2D eigenvalue weighted by atomic mass is 10.1. The van der Waals surface area contributed by atoms with Gasteiger partial charge in [0.15, 0.2) is 0 Å². The molecule has 1 atom stereocenters. The number of carbonyl (C=O) groups excluding carboxylic acids is 1. The van der Waals surface area contributed by atoms with Crippen LogP contribution in [-0.2, 0) is 9.53 Å². The van der Waals surface area contributed by atoms with E-state index in [1.54, 1.807) is 0 Å². The van der Waals surface area contributed by atoms with Crippen molar-refractivity contribution in [3.8, 4) is 0 Å². The second-order valence-corrected chi connectivity index (χ2v) is 4.78. The third-order valence-corrected chi connectivity index (χ3v) is 3.49. The predicted molar refractivity (Wildman–Crippen MR) is 66.0 cm³/mol. The van der Waals surface area contributed by atoms with Gasteiger partial charge in [-0.25, -0.2) is 0 Å². The van der Waals surface area contributed by atoms with Crippen molar-refractivity contribution in [3.05, 3.63) is 10.4 Å². The lowest BCUT2D eigenvalue weighted by Crippen LogP contribution is -2.41. The Morgan fingerprint density at radius 3 is 2.89 bits per heavy atom. The normalized spacial score (nSPS) is 25.2. The molecule has 1 amide bonds. The summed E-state index contributed by atoms with van der Waals surface area (Å²) in [5.41, 5.74) is 8.27. The van der Waals surface area contributed by atoms with E-state index >= 15 is 0 Å². The lowest BCUT2D eigenvalue weighted by molar-refractivity contribution is -0.128. The highest BCUT2D eigenvalue weighted by Gasteiger charge is 2.28. The van der Waals surface area contributed by atoms with E-state index in [0.717, 1.165) is 45.9 Å². The molecule has 2 fully saturated rings. The quantitative estimate of drug-likeness (QED) is 0.406. The SMILES string of the molecule is [N-]=[N+]=NCC1CC(=O)N(CCN2CCOCC2)C1. The molecule has 100 valence electrons. The molecule has 0 radical (unpaired) electrons. The van der Waals surface area contributed by atoms with Gasteiger partial charge >= 0.3 is 0 Å². The van der Waals surface area contributed by atoms with Crippen LogP contribution in [0.4, 0.5) is 0 Å². The molecule has 0 aromatic carbocycles. The first-order chi connectivity index (χ1) is 8.79. The zero-order valence-corrected chi connectivity index (χ0v) is 10.5. The van der Waals surface area contributed by atoms with Crippen molar-refractivity contribution >= 4 is 5.91 Å². The largest absolute Gasteiger partial charge is 0.379 e. The molecule has 18 heavy (non-hydrogen) atoms. The summed E-state index contributed by atoms with van der Waals surface area (Å²) in [6, 6.07) is 0. The predicted octanol–water partition coefficient (Wildman–Crippen LogP) is 0.477. The van der Waals surface area contributed by atoms with Crippen LogP contribution < -0.4 is 0 Å². The van der Waals surface area contributed by atoms with Crippen molar-refractivity contribution in [1.82, 2.24) is 9.80 Å². The maximum Gasteiger partial charge on any atom is 0.222 e. The van der Waals surface area contributed by atoms with Crippen molar-refractivity contribution in [3.63, 3.8) is 0 Å². The summed E-state index contributed by atoms with van der Waals surface area (Å²) < 4.78 is 5.29. The highest BCUT2D eigenvalue weighted by atomic mass is 16.5. The van der Waals surface area contributed by atoms with Gasteiger partial charge in [0.25, 0.3) is 0 Å². The van der Waals surface area contributed by atoms with E-state index in [1.165, 1.54) is 0 Å². The number of carbonyl (C=O) groups is 1. The number of ether oxygens (including phenoxy) is 1. The minimum absolute atomic E-state index is 0.182. The van der Waals surface area contributed by atoms with Crippen LogP contribution in [0.2, 0.25) is 0 Å². The maximum atomic E-state index is 11.8. The fourth-order valence-corrected chi connectivity index (χ4v) is 2.43. The topological polar surface area (TPSA) is 81.5 Å². The van der Waals surface area contributed by atoms with Gasteiger partial charge in [-0.3, -0.25) is 9.69 Å². The van der Waals surface area contributed by atoms with Crippen molar-refractivity contribution in [2.24, 2.45) is 11.0 Å². The minimum atomic E-state index is 0.182. The van der Waals surface area contributed by atoms with Gasteiger partial charge in [-0.2, -0.15) is 0 Å². The second kappa shape index (κ2) is 6.58. The molecule has 2 heterocycles. The summed E-state index contributed by atoms with van der Waals surface area (Å²) in [6.07, 6.45) is 0.516. The Bertz CT molecular complexity index is 336. The average molecular weight is 253 g/mol. The molecule has 2 aliphatic rings. The molecule has 0 N–H and O–H groups in total. The minimum Gasteiger partial charge on any atom is -0.379 e. The maximum absolute atomic E-state index is 11.8. The number of likely N-dealkylation sites (tertiary alicyclic amines) is 1. The van der Waals surface area contributed by atoms with Gasteiger partial charge in [0.1, 0.15) is 0 Å². The number of morpholine rings is 1. The summed E-state index contributed by atoms with van der Waals surface area (Å²) in [5.74, 6) is 0.375. The van der Waals surface area contributed by atoms with E-state index < -0.39 is 0 Å². The molecule has 1 unspecified atom stereocenters. The first-order valence-corrected chi connectivity index (χ1v) is 6.38. The van der Waals surface area contributed by atoms with Crippen LogP contribution in [0.25, 0.3) is 10.4 Å². The fourth-order valence-electron chi connectivity index (χ4n) is 2.43. The smallest absolute Gasteiger partial charge is 0.222 e. The number of rotatable bonds is 5. The van der Waals surface area contributed by atoms with Crippen LogP contribution in [0.3, 0.4) is 0 Å². The fraction of sp³-hybridized carbons (Fsp3) is 0.909. The van der Waals surface area contributed by atoms with Crippen LogP contribution in [0.15, 0.2) is 5.11 Å². The molecule has 0 saturated carbocycles. The highest BCUT2D eigenvalue weighted by molar-refractivity contribution is 5.78. The van der Waals surface area contributed by atoms with E-state index in [2.05, 4.69) is 14.9 Å². The summed E-state index contributed by atoms with van der Waals surface area (Å²) in [6.45, 7) is 6.29. The van der Waals surface area contributed by atoms with Crippen molar-refractivity contribution in [1.29, 1.82) is 0 Å². The molecule has 2 aliphatic heterocycles. The van der Waals surface area contributed by atoms with Gasteiger partial charge in [0.2, 0.25) is 5.91 Å². The summed E-state index contributed by atoms with van der Waals surface area (Å²) in [7, 11) is 0. The first-order valence-electron chi connectivity index (χ1n) is 6.38. The summed E-state index contributed by atoms with van der Waals surface area (Å²) in [4.78, 5) is 18.7. The first kappa shape index (κ1) is 13.1. The average Bonchev–Trinajstić information content (AvgIpc) is 2.76. The van der Waals surface area contributed by atoms with E-state index in [9.17, 15) is 4.79 Å². The Morgan fingerprint density at radius 1 is 1.39 bits per heavy atom. The van der Waals surface area contributed by atoms with Gasteiger partial charge in [0, 0.05) is 50.6 Å². The van der Waals surface area contributed by atoms with Crippen molar-refractivity contribution in [2.75, 3.05) is 52.5 Å². The van der Waals surface area contributed by atoms with Crippen LogP contribution in [0, 0.1) is 5.92 Å². The Morgan fingerprint density at radius 2 is 2.17 bits per heavy atom. The van der Waals surface area contributed by atoms with E-state index in [-0.39, 0.29) is 11.8 Å². The molecule has 0 aromatic heterocycles. The van der Waals surface area contributed by atoms with E-state index in [0.29, 0.717) is 13.0 Å². The summed E-state index contributed by atoms with van der Waals surface area (Å²) in [5, 5.41) is 3.55. The highest BCUT2D eigenvalue weighted by Crippen LogP contribution is 2.17. The number of amides is 1. The van der Waals surface area contributed by atoms with Crippen LogP contribution >= 0.6 is 0 Å². The zero-order valence-electron chi connectivity index (χ0n) is 10.5. The standard InChI is InChI=1S/C11H19N5O2/c12-14-13-8-10-7-11(17)16(9-10)2-1-15-3-5-18-6-4-15/h10H,1-9H2. The molecule has 0 aliphatic carbocycles. The molecule has 2 rings (SSSR count). The summed E-state index contributed by atoms with van der Waals surface area (Å²) >= 11 is 0. The molecule has 0 spiro atoms. The van der Waals surface area contributed by atoms with Crippen molar-refractivity contribution < 1.29 is 9.53 Å². The monoisotopic (exact) mass is 253 g/mol. The third kappa shape index (κ3) is 3.60. The Kier molecular flexibility index (Phi) is 4.81. The van der Waals surface area contributed by atoms with Gasteiger partial charge in [-0.05, 0) is 11.4 Å². The van der Waals surface area contributed by atoms with Gasteiger partial charge in [-0.1, -0.05) is 5.11 Å². The second-order valence-electron chi connectivity index (χ2n) is 4.78. The Labute approximate surface area is 106 Å². The molecule has 0 bridgehead atoms. The van der Waals surface area contributed by atoms with Gasteiger partial charge in [0.05, 0.1) is 13.2 Å². The van der Waals surface area contributed by atoms with Crippen LogP contribution in [0.5, 0.6) is 0 Å². The van der Waals surface area contributed by atoms with Gasteiger partial charge in [-0.15, -0.1) is 0 Å². The molecular formula is C11H19N5O2. The number of azide groups is 1. The Hall–Kier alpha value is -1.30. The van der Waals surface area contributed by atoms with E-state index in [4.69, 9.17) is 10.3 Å². The van der Waals surface area contributed by atoms with Gasteiger partial charge < -0.3 is 9.64 Å². The number of nitrogens with zero attached hydrogens (tertiary/aromatic N) is 5. The van der Waals surface area contributed by atoms with Crippen molar-refractivity contribution in [2.45, 2.75) is 6.42 Å².